The third-order valence-electron chi connectivity index (χ3n) is 4.66. The van der Waals surface area contributed by atoms with Crippen molar-refractivity contribution in [3.05, 3.63) is 33.8 Å². The van der Waals surface area contributed by atoms with Gasteiger partial charge >= 0.3 is 0 Å². The van der Waals surface area contributed by atoms with Gasteiger partial charge in [0.15, 0.2) is 0 Å². The Balaban J connectivity index is 1.50. The molecule has 1 N–H and O–H groups in total. The summed E-state index contributed by atoms with van der Waals surface area (Å²) in [6.07, 6.45) is 3.57. The molecule has 0 unspecified atom stereocenters. The van der Waals surface area contributed by atoms with Gasteiger partial charge in [0.2, 0.25) is 0 Å². The Hall–Kier alpha value is -0.840. The molecule has 1 saturated heterocycles. The number of hydrogen-bond donors (Lipinski definition) is 1. The fourth-order valence-corrected chi connectivity index (χ4v) is 3.53. The Kier molecular flexibility index (Phi) is 5.14. The summed E-state index contributed by atoms with van der Waals surface area (Å²) in [7, 11) is 0. The molecule has 1 aromatic rings. The first-order valence-corrected chi connectivity index (χ1v) is 8.85. The molecule has 1 aliphatic heterocycles. The maximum Gasteiger partial charge on any atom is 0.251 e. The lowest BCUT2D eigenvalue weighted by Crippen LogP contribution is -2.48. The molecular formula is C17H21Cl2FN2O. The summed E-state index contributed by atoms with van der Waals surface area (Å²) in [5.41, 5.74) is -0.963. The van der Waals surface area contributed by atoms with Gasteiger partial charge in [-0.05, 0) is 49.8 Å². The van der Waals surface area contributed by atoms with Crippen molar-refractivity contribution in [3.63, 3.8) is 0 Å². The average molecular weight is 359 g/mol. The van der Waals surface area contributed by atoms with E-state index in [9.17, 15) is 9.18 Å². The first-order chi connectivity index (χ1) is 10.9. The smallest absolute Gasteiger partial charge is 0.251 e. The number of carbonyl (C=O) groups excluding carboxylic acids is 1. The minimum atomic E-state index is -1.32. The van der Waals surface area contributed by atoms with Gasteiger partial charge in [0.25, 0.3) is 5.91 Å². The number of halogens is 3. The lowest BCUT2D eigenvalue weighted by Gasteiger charge is -2.36. The highest BCUT2D eigenvalue weighted by Crippen LogP contribution is 2.32. The summed E-state index contributed by atoms with van der Waals surface area (Å²) in [6, 6.07) is 4.63. The van der Waals surface area contributed by atoms with Gasteiger partial charge in [-0.2, -0.15) is 0 Å². The van der Waals surface area contributed by atoms with Gasteiger partial charge in [-0.1, -0.05) is 23.2 Å². The Labute approximate surface area is 146 Å². The molecule has 0 aromatic heterocycles. The Morgan fingerprint density at radius 3 is 2.39 bits per heavy atom. The van der Waals surface area contributed by atoms with Crippen LogP contribution in [0.15, 0.2) is 18.2 Å². The van der Waals surface area contributed by atoms with Crippen molar-refractivity contribution in [1.82, 2.24) is 10.2 Å². The third kappa shape index (κ3) is 4.82. The lowest BCUT2D eigenvalue weighted by atomic mass is 9.93. The summed E-state index contributed by atoms with van der Waals surface area (Å²) < 4.78 is 14.8. The first kappa shape index (κ1) is 17.0. The van der Waals surface area contributed by atoms with Crippen molar-refractivity contribution in [1.29, 1.82) is 0 Å². The van der Waals surface area contributed by atoms with Gasteiger partial charge in [-0.3, -0.25) is 4.79 Å². The summed E-state index contributed by atoms with van der Waals surface area (Å²) in [5.74, 6) is 0.487. The lowest BCUT2D eigenvalue weighted by molar-refractivity contribution is 0.0529. The van der Waals surface area contributed by atoms with E-state index in [4.69, 9.17) is 23.2 Å². The van der Waals surface area contributed by atoms with Crippen LogP contribution in [0.1, 0.15) is 36.0 Å². The minimum absolute atomic E-state index is 0.0350. The average Bonchev–Trinajstić information content (AvgIpc) is 3.31. The van der Waals surface area contributed by atoms with Gasteiger partial charge in [-0.25, -0.2) is 4.39 Å². The fraction of sp³-hybridized carbons (Fsp3) is 0.588. The number of carbonyl (C=O) groups is 1. The van der Waals surface area contributed by atoms with Crippen LogP contribution >= 0.6 is 23.2 Å². The van der Waals surface area contributed by atoms with Crippen molar-refractivity contribution >= 4 is 29.1 Å². The topological polar surface area (TPSA) is 32.3 Å². The highest BCUT2D eigenvalue weighted by Gasteiger charge is 2.36. The molecule has 2 aliphatic rings. The van der Waals surface area contributed by atoms with E-state index in [0.29, 0.717) is 28.5 Å². The number of alkyl halides is 1. The number of nitrogens with zero attached hydrogens (tertiary/aromatic N) is 1. The molecule has 0 bridgehead atoms. The fourth-order valence-electron chi connectivity index (χ4n) is 3.00. The molecule has 1 aromatic carbocycles. The maximum absolute atomic E-state index is 14.8. The van der Waals surface area contributed by atoms with Crippen LogP contribution in [0.3, 0.4) is 0 Å². The predicted molar refractivity (Wildman–Crippen MR) is 91.0 cm³/mol. The van der Waals surface area contributed by atoms with Gasteiger partial charge in [0.05, 0.1) is 6.54 Å². The van der Waals surface area contributed by atoms with E-state index in [2.05, 4.69) is 10.2 Å². The second-order valence-corrected chi connectivity index (χ2v) is 7.61. The first-order valence-electron chi connectivity index (χ1n) is 8.09. The second-order valence-electron chi connectivity index (χ2n) is 6.74. The zero-order chi connectivity index (χ0) is 16.4. The third-order valence-corrected chi connectivity index (χ3v) is 5.09. The number of piperidine rings is 1. The Bertz CT molecular complexity index is 564. The van der Waals surface area contributed by atoms with Crippen molar-refractivity contribution in [2.75, 3.05) is 26.2 Å². The molecule has 6 heteroatoms. The van der Waals surface area contributed by atoms with E-state index in [-0.39, 0.29) is 12.5 Å². The van der Waals surface area contributed by atoms with Crippen LogP contribution in [0.25, 0.3) is 0 Å². The van der Waals surface area contributed by atoms with Gasteiger partial charge < -0.3 is 10.2 Å². The van der Waals surface area contributed by atoms with Crippen molar-refractivity contribution in [3.8, 4) is 0 Å². The number of likely N-dealkylation sites (tertiary alicyclic amines) is 1. The molecule has 0 atom stereocenters. The molecule has 0 radical (unpaired) electrons. The van der Waals surface area contributed by atoms with Crippen LogP contribution in [0, 0.1) is 5.92 Å². The summed E-state index contributed by atoms with van der Waals surface area (Å²) in [6.45, 7) is 2.68. The van der Waals surface area contributed by atoms with E-state index in [1.54, 1.807) is 6.07 Å². The summed E-state index contributed by atoms with van der Waals surface area (Å²) >= 11 is 11.8. The van der Waals surface area contributed by atoms with Crippen LogP contribution in [-0.2, 0) is 0 Å². The summed E-state index contributed by atoms with van der Waals surface area (Å²) in [5, 5.41) is 3.47. The Morgan fingerprint density at radius 2 is 1.83 bits per heavy atom. The number of benzene rings is 1. The predicted octanol–water partition coefficient (Wildman–Crippen LogP) is 3.94. The van der Waals surface area contributed by atoms with E-state index in [1.165, 1.54) is 25.0 Å². The minimum Gasteiger partial charge on any atom is -0.349 e. The zero-order valence-electron chi connectivity index (χ0n) is 13.0. The van der Waals surface area contributed by atoms with Crippen LogP contribution in [0.5, 0.6) is 0 Å². The van der Waals surface area contributed by atoms with Gasteiger partial charge in [-0.15, -0.1) is 0 Å². The quantitative estimate of drug-likeness (QED) is 0.864. The highest BCUT2D eigenvalue weighted by molar-refractivity contribution is 6.35. The summed E-state index contributed by atoms with van der Waals surface area (Å²) in [4.78, 5) is 14.5. The van der Waals surface area contributed by atoms with E-state index < -0.39 is 5.67 Å². The van der Waals surface area contributed by atoms with Crippen molar-refractivity contribution in [2.45, 2.75) is 31.4 Å². The molecule has 23 heavy (non-hydrogen) atoms. The molecule has 2 fully saturated rings. The van der Waals surface area contributed by atoms with Gasteiger partial charge in [0, 0.05) is 35.2 Å². The molecule has 1 amide bonds. The van der Waals surface area contributed by atoms with Crippen molar-refractivity contribution < 1.29 is 9.18 Å². The van der Waals surface area contributed by atoms with Crippen molar-refractivity contribution in [2.24, 2.45) is 5.92 Å². The SMILES string of the molecule is O=C(NCC1(F)CCN(CC2CC2)CC1)c1cc(Cl)cc(Cl)c1. The zero-order valence-corrected chi connectivity index (χ0v) is 14.5. The molecule has 0 spiro atoms. The molecular weight excluding hydrogens is 338 g/mol. The van der Waals surface area contributed by atoms with Crippen LogP contribution in [0.2, 0.25) is 10.0 Å². The molecule has 1 aliphatic carbocycles. The largest absolute Gasteiger partial charge is 0.349 e. The van der Waals surface area contributed by atoms with E-state index in [1.807, 2.05) is 0 Å². The molecule has 1 saturated carbocycles. The van der Waals surface area contributed by atoms with Crippen LogP contribution < -0.4 is 5.32 Å². The second kappa shape index (κ2) is 6.96. The molecule has 126 valence electrons. The monoisotopic (exact) mass is 358 g/mol. The molecule has 3 rings (SSSR count). The standard InChI is InChI=1S/C17H21Cl2FN2O/c18-14-7-13(8-15(19)9-14)16(23)21-11-17(20)3-5-22(6-4-17)10-12-1-2-12/h7-9,12H,1-6,10-11H2,(H,21,23). The van der Waals surface area contributed by atoms with Crippen LogP contribution in [0.4, 0.5) is 4.39 Å². The normalized spacial score (nSPS) is 21.2. The number of nitrogens with one attached hydrogen (secondary N) is 1. The number of rotatable bonds is 5. The van der Waals surface area contributed by atoms with Crippen LogP contribution in [-0.4, -0.2) is 42.7 Å². The number of amides is 1. The molecule has 3 nitrogen and oxygen atoms in total. The van der Waals surface area contributed by atoms with E-state index in [0.717, 1.165) is 25.6 Å². The number of hydrogen-bond acceptors (Lipinski definition) is 2. The highest BCUT2D eigenvalue weighted by atomic mass is 35.5. The molecule has 1 heterocycles. The maximum atomic E-state index is 14.8. The Morgan fingerprint density at radius 1 is 1.22 bits per heavy atom. The van der Waals surface area contributed by atoms with E-state index >= 15 is 0 Å². The van der Waals surface area contributed by atoms with Gasteiger partial charge in [0.1, 0.15) is 5.67 Å².